The predicted octanol–water partition coefficient (Wildman–Crippen LogP) is 1.77. The lowest BCUT2D eigenvalue weighted by molar-refractivity contribution is -0.142. The van der Waals surface area contributed by atoms with Crippen LogP contribution in [0, 0.1) is 0 Å². The van der Waals surface area contributed by atoms with E-state index in [1.807, 2.05) is 13.8 Å². The van der Waals surface area contributed by atoms with E-state index in [-0.39, 0.29) is 17.0 Å². The maximum atomic E-state index is 12.1. The molecule has 1 atom stereocenters. The van der Waals surface area contributed by atoms with Gasteiger partial charge >= 0.3 is 0 Å². The number of rotatable bonds is 2. The second-order valence-electron chi connectivity index (χ2n) is 5.65. The average Bonchev–Trinajstić information content (AvgIpc) is 2.12. The third-order valence-electron chi connectivity index (χ3n) is 3.61. The number of hydrogen-bond acceptors (Lipinski definition) is 2. The van der Waals surface area contributed by atoms with Gasteiger partial charge in [-0.2, -0.15) is 0 Å². The van der Waals surface area contributed by atoms with Crippen molar-refractivity contribution in [3.63, 3.8) is 0 Å². The first-order valence-electron chi connectivity index (χ1n) is 5.82. The highest BCUT2D eigenvalue weighted by atomic mass is 16.2. The van der Waals surface area contributed by atoms with Crippen molar-refractivity contribution in [3.05, 3.63) is 0 Å². The van der Waals surface area contributed by atoms with E-state index in [9.17, 15) is 4.79 Å². The van der Waals surface area contributed by atoms with Gasteiger partial charge in [-0.15, -0.1) is 0 Å². The van der Waals surface area contributed by atoms with Crippen molar-refractivity contribution in [3.8, 4) is 0 Å². The van der Waals surface area contributed by atoms with Crippen LogP contribution in [0.1, 0.15) is 48.0 Å². The fourth-order valence-corrected chi connectivity index (χ4v) is 2.20. The second-order valence-corrected chi connectivity index (χ2v) is 5.65. The minimum atomic E-state index is -0.386. The Bertz CT molecular complexity index is 260. The molecule has 15 heavy (non-hydrogen) atoms. The number of nitrogens with zero attached hydrogens (tertiary/aromatic N) is 1. The van der Waals surface area contributed by atoms with E-state index in [1.54, 1.807) is 0 Å². The average molecular weight is 212 g/mol. The van der Waals surface area contributed by atoms with Gasteiger partial charge in [0.05, 0.1) is 5.54 Å². The molecule has 1 amide bonds. The van der Waals surface area contributed by atoms with Gasteiger partial charge in [-0.3, -0.25) is 9.69 Å². The summed E-state index contributed by atoms with van der Waals surface area (Å²) in [6.07, 6.45) is 0.970. The summed E-state index contributed by atoms with van der Waals surface area (Å²) in [5.74, 6) is 0.145. The van der Waals surface area contributed by atoms with Crippen molar-refractivity contribution in [1.29, 1.82) is 0 Å². The Kier molecular flexibility index (Phi) is 3.15. The Hall–Kier alpha value is -0.570. The van der Waals surface area contributed by atoms with E-state index < -0.39 is 0 Å². The number of carbonyl (C=O) groups excluding carboxylic acids is 1. The summed E-state index contributed by atoms with van der Waals surface area (Å²) in [6.45, 7) is 13.5. The van der Waals surface area contributed by atoms with Crippen LogP contribution in [0.25, 0.3) is 0 Å². The Morgan fingerprint density at radius 1 is 1.40 bits per heavy atom. The number of carbonyl (C=O) groups is 1. The molecule has 0 saturated carbocycles. The minimum absolute atomic E-state index is 0.0725. The molecule has 1 saturated heterocycles. The van der Waals surface area contributed by atoms with Crippen molar-refractivity contribution in [2.24, 2.45) is 0 Å². The molecule has 0 radical (unpaired) electrons. The molecule has 0 aromatic carbocycles. The molecule has 0 aliphatic carbocycles. The van der Waals surface area contributed by atoms with Crippen LogP contribution in [0.2, 0.25) is 0 Å². The Balaban J connectivity index is 2.97. The highest BCUT2D eigenvalue weighted by molar-refractivity contribution is 5.87. The van der Waals surface area contributed by atoms with Gasteiger partial charge in [-0.25, -0.2) is 0 Å². The molecule has 88 valence electrons. The number of nitrogens with one attached hydrogen (secondary N) is 1. The Morgan fingerprint density at radius 3 is 2.33 bits per heavy atom. The fraction of sp³-hybridized carbons (Fsp3) is 0.917. The van der Waals surface area contributed by atoms with Crippen molar-refractivity contribution in [2.75, 3.05) is 6.54 Å². The molecule has 3 nitrogen and oxygen atoms in total. The van der Waals surface area contributed by atoms with Crippen LogP contribution in [0.4, 0.5) is 0 Å². The van der Waals surface area contributed by atoms with Gasteiger partial charge in [-0.05, 0) is 41.0 Å². The lowest BCUT2D eigenvalue weighted by atomic mass is 9.86. The number of piperazine rings is 1. The Labute approximate surface area is 93.2 Å². The van der Waals surface area contributed by atoms with Gasteiger partial charge in [0.15, 0.2) is 0 Å². The minimum Gasteiger partial charge on any atom is -0.348 e. The first kappa shape index (κ1) is 12.5. The van der Waals surface area contributed by atoms with Gasteiger partial charge in [0, 0.05) is 18.1 Å². The molecule has 1 unspecified atom stereocenters. The van der Waals surface area contributed by atoms with Crippen LogP contribution in [0.3, 0.4) is 0 Å². The summed E-state index contributed by atoms with van der Waals surface area (Å²) in [5.41, 5.74) is -0.459. The maximum Gasteiger partial charge on any atom is 0.240 e. The van der Waals surface area contributed by atoms with E-state index in [0.29, 0.717) is 6.04 Å². The van der Waals surface area contributed by atoms with Gasteiger partial charge in [0.2, 0.25) is 5.91 Å². The molecule has 1 N–H and O–H groups in total. The zero-order chi connectivity index (χ0) is 11.9. The first-order chi connectivity index (χ1) is 6.73. The van der Waals surface area contributed by atoms with Gasteiger partial charge in [0.1, 0.15) is 0 Å². The van der Waals surface area contributed by atoms with E-state index in [0.717, 1.165) is 13.0 Å². The lowest BCUT2D eigenvalue weighted by Gasteiger charge is -2.51. The van der Waals surface area contributed by atoms with Gasteiger partial charge in [0.25, 0.3) is 0 Å². The third-order valence-corrected chi connectivity index (χ3v) is 3.61. The van der Waals surface area contributed by atoms with Crippen LogP contribution in [0.15, 0.2) is 0 Å². The lowest BCUT2D eigenvalue weighted by Crippen LogP contribution is -2.71. The van der Waals surface area contributed by atoms with E-state index in [2.05, 4.69) is 37.9 Å². The van der Waals surface area contributed by atoms with E-state index >= 15 is 0 Å². The molecular weight excluding hydrogens is 188 g/mol. The van der Waals surface area contributed by atoms with E-state index in [1.165, 1.54) is 0 Å². The number of hydrogen-bond donors (Lipinski definition) is 1. The summed E-state index contributed by atoms with van der Waals surface area (Å²) in [6, 6.07) is 0.400. The number of amides is 1. The first-order valence-corrected chi connectivity index (χ1v) is 5.82. The summed E-state index contributed by atoms with van der Waals surface area (Å²) in [7, 11) is 0. The van der Waals surface area contributed by atoms with Gasteiger partial charge in [-0.1, -0.05) is 6.92 Å². The molecule has 1 fully saturated rings. The zero-order valence-corrected chi connectivity index (χ0v) is 10.8. The fourth-order valence-electron chi connectivity index (χ4n) is 2.20. The maximum absolute atomic E-state index is 12.1. The van der Waals surface area contributed by atoms with Crippen molar-refractivity contribution in [1.82, 2.24) is 10.2 Å². The van der Waals surface area contributed by atoms with Crippen LogP contribution < -0.4 is 5.32 Å². The predicted molar refractivity (Wildman–Crippen MR) is 62.8 cm³/mol. The molecule has 3 heteroatoms. The molecule has 1 heterocycles. The molecule has 1 rings (SSSR count). The van der Waals surface area contributed by atoms with E-state index in [4.69, 9.17) is 0 Å². The summed E-state index contributed by atoms with van der Waals surface area (Å²) >= 11 is 0. The van der Waals surface area contributed by atoms with Crippen molar-refractivity contribution < 1.29 is 4.79 Å². The van der Waals surface area contributed by atoms with Crippen LogP contribution in [-0.2, 0) is 4.79 Å². The largest absolute Gasteiger partial charge is 0.348 e. The molecule has 1 aliphatic rings. The molecule has 0 aromatic heterocycles. The van der Waals surface area contributed by atoms with Crippen molar-refractivity contribution >= 4 is 5.91 Å². The van der Waals surface area contributed by atoms with Crippen LogP contribution in [-0.4, -0.2) is 34.5 Å². The van der Waals surface area contributed by atoms with Gasteiger partial charge < -0.3 is 5.32 Å². The third kappa shape index (κ3) is 2.17. The summed E-state index contributed by atoms with van der Waals surface area (Å²) in [4.78, 5) is 14.3. The standard InChI is InChI=1S/C12H24N2O/c1-7-12(6)8-14(9(2)3)11(4,5)10(15)13-12/h9H,7-8H2,1-6H3,(H,13,15). The molecule has 1 aliphatic heterocycles. The van der Waals surface area contributed by atoms with Crippen LogP contribution >= 0.6 is 0 Å². The highest BCUT2D eigenvalue weighted by Gasteiger charge is 2.46. The second kappa shape index (κ2) is 3.78. The topological polar surface area (TPSA) is 32.3 Å². The normalized spacial score (nSPS) is 31.8. The summed E-state index contributed by atoms with van der Waals surface area (Å²) in [5, 5.41) is 3.14. The molecule has 0 aromatic rings. The smallest absolute Gasteiger partial charge is 0.240 e. The molecule has 0 spiro atoms. The Morgan fingerprint density at radius 2 is 1.93 bits per heavy atom. The SMILES string of the molecule is CCC1(C)CN(C(C)C)C(C)(C)C(=O)N1. The highest BCUT2D eigenvalue weighted by Crippen LogP contribution is 2.28. The van der Waals surface area contributed by atoms with Crippen LogP contribution in [0.5, 0.6) is 0 Å². The quantitative estimate of drug-likeness (QED) is 0.756. The zero-order valence-electron chi connectivity index (χ0n) is 10.8. The monoisotopic (exact) mass is 212 g/mol. The van der Waals surface area contributed by atoms with Crippen molar-refractivity contribution in [2.45, 2.75) is 65.1 Å². The molecule has 0 bridgehead atoms. The summed E-state index contributed by atoms with van der Waals surface area (Å²) < 4.78 is 0. The molecular formula is C12H24N2O.